The number of nitrogens with zero attached hydrogens (tertiary/aromatic N) is 1. The first-order valence-electron chi connectivity index (χ1n) is 5.07. The lowest BCUT2D eigenvalue weighted by Crippen LogP contribution is -1.90. The summed E-state index contributed by atoms with van der Waals surface area (Å²) in [6, 6.07) is 5.34. The summed E-state index contributed by atoms with van der Waals surface area (Å²) in [6.07, 6.45) is 1.35. The molecule has 18 heavy (non-hydrogen) atoms. The van der Waals surface area contributed by atoms with Crippen molar-refractivity contribution in [3.8, 4) is 22.1 Å². The molecule has 0 radical (unpaired) electrons. The summed E-state index contributed by atoms with van der Waals surface area (Å²) in [4.78, 5) is 15.1. The Hall–Kier alpha value is -2.08. The Balaban J connectivity index is 2.41. The van der Waals surface area contributed by atoms with Crippen molar-refractivity contribution in [2.24, 2.45) is 0 Å². The summed E-state index contributed by atoms with van der Waals surface area (Å²) >= 11 is 1.12. The Morgan fingerprint density at radius 2 is 2.00 bits per heavy atom. The lowest BCUT2D eigenvalue weighted by atomic mass is 10.2. The van der Waals surface area contributed by atoms with Crippen LogP contribution in [-0.2, 0) is 0 Å². The molecule has 2 aromatic rings. The molecule has 94 valence electrons. The smallest absolute Gasteiger partial charge is 0.347 e. The van der Waals surface area contributed by atoms with Gasteiger partial charge in [-0.1, -0.05) is 0 Å². The van der Waals surface area contributed by atoms with Gasteiger partial charge in [0.05, 0.1) is 20.4 Å². The Kier molecular flexibility index (Phi) is 3.47. The average Bonchev–Trinajstić information content (AvgIpc) is 2.87. The minimum atomic E-state index is -0.973. The number of rotatable bonds is 4. The van der Waals surface area contributed by atoms with Crippen molar-refractivity contribution in [3.05, 3.63) is 29.3 Å². The van der Waals surface area contributed by atoms with E-state index in [-0.39, 0.29) is 4.88 Å². The standard InChI is InChI=1S/C12H11NO4S/c1-16-8-4-3-7(5-9(8)17-2)11-13-6-10(18-11)12(14)15/h3-6H,1-2H3,(H,14,15). The molecule has 0 aliphatic rings. The lowest BCUT2D eigenvalue weighted by molar-refractivity contribution is 0.0702. The number of benzene rings is 1. The van der Waals surface area contributed by atoms with E-state index in [1.807, 2.05) is 6.07 Å². The molecule has 0 aliphatic heterocycles. The highest BCUT2D eigenvalue weighted by atomic mass is 32.1. The molecule has 2 rings (SSSR count). The van der Waals surface area contributed by atoms with Gasteiger partial charge >= 0.3 is 5.97 Å². The molecule has 0 atom stereocenters. The van der Waals surface area contributed by atoms with Gasteiger partial charge in [0.15, 0.2) is 11.5 Å². The van der Waals surface area contributed by atoms with Crippen LogP contribution in [0.1, 0.15) is 9.67 Å². The van der Waals surface area contributed by atoms with E-state index in [9.17, 15) is 4.79 Å². The molecule has 5 nitrogen and oxygen atoms in total. The molecule has 0 bridgehead atoms. The highest BCUT2D eigenvalue weighted by molar-refractivity contribution is 7.16. The second-order valence-electron chi connectivity index (χ2n) is 3.40. The number of methoxy groups -OCH3 is 2. The molecule has 1 N–H and O–H groups in total. The molecular weight excluding hydrogens is 254 g/mol. The van der Waals surface area contributed by atoms with Crippen LogP contribution in [-0.4, -0.2) is 30.3 Å². The predicted octanol–water partition coefficient (Wildman–Crippen LogP) is 2.53. The summed E-state index contributed by atoms with van der Waals surface area (Å²) in [6.45, 7) is 0. The second-order valence-corrected chi connectivity index (χ2v) is 4.44. The number of hydrogen-bond donors (Lipinski definition) is 1. The largest absolute Gasteiger partial charge is 0.493 e. The zero-order valence-corrected chi connectivity index (χ0v) is 10.7. The minimum absolute atomic E-state index is 0.208. The second kappa shape index (κ2) is 5.05. The van der Waals surface area contributed by atoms with Crippen molar-refractivity contribution in [2.75, 3.05) is 14.2 Å². The van der Waals surface area contributed by atoms with Crippen molar-refractivity contribution in [3.63, 3.8) is 0 Å². The van der Waals surface area contributed by atoms with E-state index in [2.05, 4.69) is 4.98 Å². The summed E-state index contributed by atoms with van der Waals surface area (Å²) in [5.41, 5.74) is 0.796. The van der Waals surface area contributed by atoms with E-state index in [1.54, 1.807) is 26.4 Å². The number of thiazole rings is 1. The Morgan fingerprint density at radius 1 is 1.28 bits per heavy atom. The predicted molar refractivity (Wildman–Crippen MR) is 67.6 cm³/mol. The van der Waals surface area contributed by atoms with Crippen molar-refractivity contribution < 1.29 is 19.4 Å². The highest BCUT2D eigenvalue weighted by Crippen LogP contribution is 2.33. The van der Waals surface area contributed by atoms with E-state index in [1.165, 1.54) is 6.20 Å². The number of ether oxygens (including phenoxy) is 2. The van der Waals surface area contributed by atoms with Crippen LogP contribution < -0.4 is 9.47 Å². The Labute approximate surface area is 108 Å². The van der Waals surface area contributed by atoms with Crippen LogP contribution >= 0.6 is 11.3 Å². The molecule has 1 aromatic carbocycles. The number of carboxylic acids is 1. The maximum atomic E-state index is 10.8. The summed E-state index contributed by atoms with van der Waals surface area (Å²) in [5.74, 6) is 0.234. The molecule has 0 saturated carbocycles. The molecule has 0 unspecified atom stereocenters. The third kappa shape index (κ3) is 2.28. The van der Waals surface area contributed by atoms with E-state index < -0.39 is 5.97 Å². The summed E-state index contributed by atoms with van der Waals surface area (Å²) in [5, 5.41) is 9.49. The first-order valence-corrected chi connectivity index (χ1v) is 5.89. The van der Waals surface area contributed by atoms with E-state index in [0.717, 1.165) is 16.9 Å². The quantitative estimate of drug-likeness (QED) is 0.920. The fourth-order valence-corrected chi connectivity index (χ4v) is 2.23. The van der Waals surface area contributed by atoms with E-state index in [0.29, 0.717) is 16.5 Å². The van der Waals surface area contributed by atoms with Crippen LogP contribution in [0, 0.1) is 0 Å². The van der Waals surface area contributed by atoms with Gasteiger partial charge < -0.3 is 14.6 Å². The van der Waals surface area contributed by atoms with Gasteiger partial charge in [-0.25, -0.2) is 9.78 Å². The molecule has 1 heterocycles. The molecule has 0 spiro atoms. The minimum Gasteiger partial charge on any atom is -0.493 e. The number of aromatic nitrogens is 1. The summed E-state index contributed by atoms with van der Waals surface area (Å²) < 4.78 is 10.3. The van der Waals surface area contributed by atoms with Crippen LogP contribution in [0.25, 0.3) is 10.6 Å². The fourth-order valence-electron chi connectivity index (χ4n) is 1.48. The highest BCUT2D eigenvalue weighted by Gasteiger charge is 2.12. The van der Waals surface area contributed by atoms with Crippen molar-refractivity contribution in [2.45, 2.75) is 0 Å². The molecule has 0 saturated heterocycles. The van der Waals surface area contributed by atoms with Crippen LogP contribution in [0.15, 0.2) is 24.4 Å². The van der Waals surface area contributed by atoms with Gasteiger partial charge in [0.1, 0.15) is 9.88 Å². The third-order valence-electron chi connectivity index (χ3n) is 2.35. The van der Waals surface area contributed by atoms with E-state index >= 15 is 0 Å². The van der Waals surface area contributed by atoms with Gasteiger partial charge in [0, 0.05) is 5.56 Å². The van der Waals surface area contributed by atoms with Gasteiger partial charge in [-0.05, 0) is 18.2 Å². The average molecular weight is 265 g/mol. The van der Waals surface area contributed by atoms with Crippen molar-refractivity contribution in [1.29, 1.82) is 0 Å². The van der Waals surface area contributed by atoms with Gasteiger partial charge in [-0.15, -0.1) is 11.3 Å². The Morgan fingerprint density at radius 3 is 2.56 bits per heavy atom. The van der Waals surface area contributed by atoms with Crippen LogP contribution in [0.2, 0.25) is 0 Å². The summed E-state index contributed by atoms with van der Waals surface area (Å²) in [7, 11) is 3.11. The molecular formula is C12H11NO4S. The number of carboxylic acid groups (broad SMARTS) is 1. The lowest BCUT2D eigenvalue weighted by Gasteiger charge is -2.08. The molecule has 1 aromatic heterocycles. The first kappa shape index (κ1) is 12.4. The number of aromatic carboxylic acids is 1. The van der Waals surface area contributed by atoms with Gasteiger partial charge in [0.25, 0.3) is 0 Å². The zero-order valence-electron chi connectivity index (χ0n) is 9.84. The van der Waals surface area contributed by atoms with Gasteiger partial charge in [-0.3, -0.25) is 0 Å². The van der Waals surface area contributed by atoms with E-state index in [4.69, 9.17) is 14.6 Å². The van der Waals surface area contributed by atoms with Crippen LogP contribution in [0.3, 0.4) is 0 Å². The monoisotopic (exact) mass is 265 g/mol. The molecule has 6 heteroatoms. The maximum absolute atomic E-state index is 10.8. The normalized spacial score (nSPS) is 10.1. The third-order valence-corrected chi connectivity index (χ3v) is 3.38. The van der Waals surface area contributed by atoms with Gasteiger partial charge in [0.2, 0.25) is 0 Å². The SMILES string of the molecule is COc1ccc(-c2ncc(C(=O)O)s2)cc1OC. The number of hydrogen-bond acceptors (Lipinski definition) is 5. The molecule has 0 amide bonds. The fraction of sp³-hybridized carbons (Fsp3) is 0.167. The van der Waals surface area contributed by atoms with Gasteiger partial charge in [-0.2, -0.15) is 0 Å². The first-order chi connectivity index (χ1) is 8.65. The molecule has 0 aliphatic carbocycles. The Bertz CT molecular complexity index is 579. The maximum Gasteiger partial charge on any atom is 0.347 e. The number of carbonyl (C=O) groups is 1. The van der Waals surface area contributed by atoms with Crippen LogP contribution in [0.4, 0.5) is 0 Å². The van der Waals surface area contributed by atoms with Crippen LogP contribution in [0.5, 0.6) is 11.5 Å². The van der Waals surface area contributed by atoms with Crippen molar-refractivity contribution >= 4 is 17.3 Å². The van der Waals surface area contributed by atoms with Crippen molar-refractivity contribution in [1.82, 2.24) is 4.98 Å². The molecule has 0 fully saturated rings. The topological polar surface area (TPSA) is 68.7 Å². The zero-order chi connectivity index (χ0) is 13.1.